The Morgan fingerprint density at radius 1 is 0.523 bits per heavy atom. The zero-order valence-electron chi connectivity index (χ0n) is 62.4. The number of ether oxygens (including phenoxy) is 1. The molecule has 0 unspecified atom stereocenters. The molecule has 42 nitrogen and oxygen atoms in total. The first-order valence-corrected chi connectivity index (χ1v) is 36.0. The van der Waals surface area contributed by atoms with Crippen LogP contribution in [0, 0.1) is 11.8 Å². The lowest BCUT2D eigenvalue weighted by Gasteiger charge is -2.31. The number of hydrogen-bond donors (Lipinski definition) is 21. The molecule has 2 heterocycles. The van der Waals surface area contributed by atoms with Crippen molar-refractivity contribution in [3.8, 4) is 0 Å². The molecule has 0 radical (unpaired) electrons. The number of hydrogen-bond acceptors (Lipinski definition) is 22. The number of aromatic nitrogens is 1. The molecule has 42 heteroatoms. The molecule has 1 saturated heterocycles. The number of carbonyl (C=O) groups is 20. The number of fused-ring (bicyclic) bond motifs is 1. The first kappa shape index (κ1) is 93.3. The molecular weight excluding hydrogens is 1470 g/mol. The molecular formula is C69H103N17O25. The molecule has 3 rings (SSSR count). The number of aromatic amines is 1. The van der Waals surface area contributed by atoms with Crippen molar-refractivity contribution in [3.63, 3.8) is 0 Å². The van der Waals surface area contributed by atoms with Crippen molar-refractivity contribution < 1.29 is 121 Å². The molecule has 1 aromatic heterocycles. The fraction of sp³-hybridized carbons (Fsp3) is 0.594. The lowest BCUT2D eigenvalue weighted by atomic mass is 9.94. The number of benzene rings is 1. The van der Waals surface area contributed by atoms with Gasteiger partial charge in [-0.25, -0.2) is 4.79 Å². The van der Waals surface area contributed by atoms with Crippen molar-refractivity contribution in [2.24, 2.45) is 29.0 Å². The van der Waals surface area contributed by atoms with E-state index in [0.717, 1.165) is 52.9 Å². The third-order valence-electron chi connectivity index (χ3n) is 17.6. The molecule has 0 bridgehead atoms. The summed E-state index contributed by atoms with van der Waals surface area (Å²) in [7, 11) is 0. The first-order chi connectivity index (χ1) is 52.3. The van der Waals surface area contributed by atoms with E-state index < -0.39 is 254 Å². The number of unbranched alkanes of at least 4 members (excludes halogenated alkanes) is 6. The van der Waals surface area contributed by atoms with E-state index in [2.05, 4.69) is 70.4 Å². The molecule has 1 aromatic carbocycles. The summed E-state index contributed by atoms with van der Waals surface area (Å²) in [4.78, 5) is 273. The SMILES string of the molecule is CCCCCCCCCC(=O)N[C@@H](Cc1c[nH]c2ccccc12)C(=O)N[C@H](CC(N)=O)C(=O)N[C@@H](CC(=O)O)C(=O)N[C@@H]1C(=O)NCC(=O)N[C@@H](CCCN)C(=O)N[C@@H](CC(=O)O)C(=O)N[C@H](C)C(=O)N[C@@H](CC(=O)O)C(=O)NCC(=O)N[C@H](CC(N)=O)C(=O)N[C@@H]([C@H](C)CC(=O)O)C(=O)N[C@@H]([C@@H](C)CC)C(=O)O[C@@H]1C. The van der Waals surface area contributed by atoms with Crippen LogP contribution in [0.2, 0.25) is 0 Å². The van der Waals surface area contributed by atoms with Gasteiger partial charge < -0.3 is 116 Å². The second-order valence-corrected chi connectivity index (χ2v) is 26.8. The molecule has 2 aromatic rings. The standard InChI is InChI=1S/C69H103N17O25/c1-7-9-10-11-12-13-14-21-49(89)78-41(24-37-30-73-39-19-16-15-18-38(37)39)63(104)81-43(26-48(72)88)64(105)83-46(29-55(98)99)66(107)86-58-36(6)111-69(110)57(33(3)8-2)85-68(109)56(34(4)23-52(92)93)84-65(106)42(25-47(71)87)79-51(91)31-74-60(101)44(27-53(94)95)80-59(100)35(5)76-62(103)45(28-54(96)97)82-61(102)40(20-17-22-70)77-50(90)32-75-67(58)108/h15-16,18-19,30,33-36,40-46,56-58,73H,7-14,17,20-29,31-32,70H2,1-6H3,(H2,71,87)(H2,72,88)(H,74,101)(H,75,108)(H,76,103)(H,77,90)(H,78,89)(H,79,91)(H,80,100)(H,81,104)(H,82,102)(H,83,105)(H,84,106)(H,85,109)(H,86,107)(H,92,93)(H,94,95)(H,96,97)(H,98,99)/t33-,34+,35+,36+,40-,41-,42+,43+,44-,45-,46-,56-,57-,58-/m0/s1. The van der Waals surface area contributed by atoms with Gasteiger partial charge in [0.15, 0.2) is 0 Å². The van der Waals surface area contributed by atoms with Crippen LogP contribution >= 0.6 is 0 Å². The number of carboxylic acid groups (broad SMARTS) is 4. The van der Waals surface area contributed by atoms with Crippen molar-refractivity contribution in [2.75, 3.05) is 19.6 Å². The topological polar surface area (TPSA) is 682 Å². The molecule has 24 N–H and O–H groups in total. The Labute approximate surface area is 636 Å². The Morgan fingerprint density at radius 3 is 1.62 bits per heavy atom. The van der Waals surface area contributed by atoms with Gasteiger partial charge in [-0.3, -0.25) is 91.1 Å². The van der Waals surface area contributed by atoms with E-state index in [-0.39, 0.29) is 38.6 Å². The summed E-state index contributed by atoms with van der Waals surface area (Å²) in [6.45, 7) is 5.57. The van der Waals surface area contributed by atoms with Crippen molar-refractivity contribution in [1.82, 2.24) is 74.1 Å². The molecule has 0 spiro atoms. The predicted molar refractivity (Wildman–Crippen MR) is 387 cm³/mol. The molecule has 1 aliphatic heterocycles. The number of para-hydroxylation sites is 1. The van der Waals surface area contributed by atoms with Crippen LogP contribution in [-0.2, 0) is 107 Å². The minimum absolute atomic E-state index is 0.00130. The third-order valence-corrected chi connectivity index (χ3v) is 17.6. The number of nitrogens with two attached hydrogens (primary N) is 3. The van der Waals surface area contributed by atoms with E-state index in [1.165, 1.54) is 13.8 Å². The van der Waals surface area contributed by atoms with Crippen molar-refractivity contribution in [2.45, 2.75) is 230 Å². The largest absolute Gasteiger partial charge is 0.481 e. The van der Waals surface area contributed by atoms with Gasteiger partial charge in [0.25, 0.3) is 0 Å². The number of carboxylic acids is 4. The maximum atomic E-state index is 14.7. The van der Waals surface area contributed by atoms with Crippen LogP contribution in [0.25, 0.3) is 10.9 Å². The number of primary amides is 2. The number of esters is 1. The Kier molecular flexibility index (Phi) is 39.6. The van der Waals surface area contributed by atoms with Crippen LogP contribution in [0.5, 0.6) is 0 Å². The van der Waals surface area contributed by atoms with E-state index in [1.54, 1.807) is 30.5 Å². The summed E-state index contributed by atoms with van der Waals surface area (Å²) >= 11 is 0. The van der Waals surface area contributed by atoms with Crippen LogP contribution < -0.4 is 86.3 Å². The second kappa shape index (κ2) is 47.1. The fourth-order valence-electron chi connectivity index (χ4n) is 11.4. The monoisotopic (exact) mass is 1570 g/mol. The maximum absolute atomic E-state index is 14.7. The summed E-state index contributed by atoms with van der Waals surface area (Å²) in [6.07, 6.45) is -1.71. The minimum atomic E-state index is -2.33. The number of aliphatic carboxylic acids is 4. The highest BCUT2D eigenvalue weighted by Gasteiger charge is 2.41. The highest BCUT2D eigenvalue weighted by atomic mass is 16.5. The molecule has 14 atom stereocenters. The number of amides is 15. The van der Waals surface area contributed by atoms with Gasteiger partial charge in [-0.15, -0.1) is 0 Å². The van der Waals surface area contributed by atoms with E-state index in [1.807, 2.05) is 10.6 Å². The fourth-order valence-corrected chi connectivity index (χ4v) is 11.4. The van der Waals surface area contributed by atoms with Gasteiger partial charge in [-0.2, -0.15) is 0 Å². The van der Waals surface area contributed by atoms with E-state index >= 15 is 0 Å². The molecule has 111 heavy (non-hydrogen) atoms. The third kappa shape index (κ3) is 33.2. The Hall–Kier alpha value is -11.9. The zero-order chi connectivity index (χ0) is 83.4. The van der Waals surface area contributed by atoms with Crippen LogP contribution in [0.4, 0.5) is 0 Å². The summed E-state index contributed by atoms with van der Waals surface area (Å²) in [5, 5.41) is 68.7. The number of carbonyl (C=O) groups excluding carboxylic acids is 16. The minimum Gasteiger partial charge on any atom is -0.481 e. The zero-order valence-corrected chi connectivity index (χ0v) is 62.4. The number of rotatable bonds is 35. The van der Waals surface area contributed by atoms with Crippen LogP contribution in [-0.4, -0.2) is 236 Å². The lowest BCUT2D eigenvalue weighted by Crippen LogP contribution is -2.62. The summed E-state index contributed by atoms with van der Waals surface area (Å²) in [5.41, 5.74) is 17.9. The number of H-pyrrole nitrogens is 1. The van der Waals surface area contributed by atoms with Gasteiger partial charge >= 0.3 is 29.8 Å². The Balaban J connectivity index is 2.23. The average molecular weight is 1570 g/mol. The van der Waals surface area contributed by atoms with Gasteiger partial charge in [-0.1, -0.05) is 90.8 Å². The second-order valence-electron chi connectivity index (χ2n) is 26.8. The van der Waals surface area contributed by atoms with Gasteiger partial charge in [-0.05, 0) is 63.1 Å². The Morgan fingerprint density at radius 2 is 1.05 bits per heavy atom. The maximum Gasteiger partial charge on any atom is 0.329 e. The van der Waals surface area contributed by atoms with Crippen molar-refractivity contribution in [1.29, 1.82) is 0 Å². The summed E-state index contributed by atoms with van der Waals surface area (Å²) < 4.78 is 5.73. The quantitative estimate of drug-likeness (QED) is 0.0226. The van der Waals surface area contributed by atoms with Gasteiger partial charge in [0.1, 0.15) is 72.6 Å². The summed E-state index contributed by atoms with van der Waals surface area (Å²) in [5.74, 6) is -29.9. The molecule has 1 aliphatic rings. The number of nitrogens with one attached hydrogen (secondary N) is 14. The van der Waals surface area contributed by atoms with Gasteiger partial charge in [0.05, 0.1) is 51.6 Å². The number of cyclic esters (lactones) is 1. The molecule has 0 aliphatic carbocycles. The smallest absolute Gasteiger partial charge is 0.329 e. The molecule has 614 valence electrons. The van der Waals surface area contributed by atoms with Crippen molar-refractivity contribution >= 4 is 129 Å². The normalized spacial score (nSPS) is 21.8. The first-order valence-electron chi connectivity index (χ1n) is 36.0. The molecule has 15 amide bonds. The van der Waals surface area contributed by atoms with Gasteiger partial charge in [0.2, 0.25) is 88.6 Å². The highest BCUT2D eigenvalue weighted by Crippen LogP contribution is 2.21. The lowest BCUT2D eigenvalue weighted by molar-refractivity contribution is -0.158. The summed E-state index contributed by atoms with van der Waals surface area (Å²) in [6, 6.07) is -14.8. The van der Waals surface area contributed by atoms with E-state index in [4.69, 9.17) is 21.9 Å². The van der Waals surface area contributed by atoms with Crippen molar-refractivity contribution in [3.05, 3.63) is 36.0 Å². The van der Waals surface area contributed by atoms with Crippen LogP contribution in [0.15, 0.2) is 30.5 Å². The predicted octanol–water partition coefficient (Wildman–Crippen LogP) is -5.55. The molecule has 1 fully saturated rings. The van der Waals surface area contributed by atoms with Crippen LogP contribution in [0.3, 0.4) is 0 Å². The Bertz CT molecular complexity index is 3700. The van der Waals surface area contributed by atoms with Crippen LogP contribution in [0.1, 0.15) is 156 Å². The molecule has 0 saturated carbocycles. The highest BCUT2D eigenvalue weighted by molar-refractivity contribution is 6.02. The van der Waals surface area contributed by atoms with E-state index in [0.29, 0.717) is 29.3 Å². The van der Waals surface area contributed by atoms with Gasteiger partial charge in [0, 0.05) is 29.9 Å². The van der Waals surface area contributed by atoms with E-state index in [9.17, 15) is 116 Å². The average Bonchev–Trinajstić information content (AvgIpc) is 1.56.